The van der Waals surface area contributed by atoms with Crippen LogP contribution in [0, 0.1) is 22.7 Å². The topological polar surface area (TPSA) is 26.3 Å². The van der Waals surface area contributed by atoms with Crippen LogP contribution in [0.5, 0.6) is 5.75 Å². The third-order valence-electron chi connectivity index (χ3n) is 7.19. The molecule has 2 nitrogen and oxygen atoms in total. The fourth-order valence-electron chi connectivity index (χ4n) is 6.08. The van der Waals surface area contributed by atoms with Gasteiger partial charge in [-0.3, -0.25) is 4.79 Å². The standard InChI is InChI=1S/C21H28O2/c1-20(2)12-18-17-7-5-13-11-14(23-4)6-8-15(13)16(17)9-10-21(18,3)19(20)22/h6,8,11,16-18H,5,7,9-10,12H2,1-4H3/t16-,17-,18-,21-/m0/s1. The van der Waals surface area contributed by atoms with E-state index in [0.29, 0.717) is 23.5 Å². The summed E-state index contributed by atoms with van der Waals surface area (Å²) >= 11 is 0. The lowest BCUT2D eigenvalue weighted by molar-refractivity contribution is -0.134. The van der Waals surface area contributed by atoms with E-state index in [1.54, 1.807) is 7.11 Å². The predicted molar refractivity (Wildman–Crippen MR) is 91.8 cm³/mol. The van der Waals surface area contributed by atoms with Crippen molar-refractivity contribution in [3.63, 3.8) is 0 Å². The molecule has 0 heterocycles. The summed E-state index contributed by atoms with van der Waals surface area (Å²) in [6, 6.07) is 6.62. The van der Waals surface area contributed by atoms with E-state index in [-0.39, 0.29) is 10.8 Å². The fraction of sp³-hybridized carbons (Fsp3) is 0.667. The summed E-state index contributed by atoms with van der Waals surface area (Å²) < 4.78 is 5.40. The van der Waals surface area contributed by atoms with Crippen LogP contribution in [0.2, 0.25) is 0 Å². The van der Waals surface area contributed by atoms with E-state index in [1.165, 1.54) is 24.0 Å². The van der Waals surface area contributed by atoms with Crippen molar-refractivity contribution >= 4 is 5.78 Å². The summed E-state index contributed by atoms with van der Waals surface area (Å²) in [5.74, 6) is 3.39. The second-order valence-electron chi connectivity index (χ2n) is 8.85. The van der Waals surface area contributed by atoms with E-state index in [2.05, 4.69) is 39.0 Å². The van der Waals surface area contributed by atoms with Crippen molar-refractivity contribution in [2.75, 3.05) is 7.11 Å². The molecule has 0 aliphatic heterocycles. The monoisotopic (exact) mass is 312 g/mol. The van der Waals surface area contributed by atoms with E-state index >= 15 is 0 Å². The molecule has 3 aliphatic carbocycles. The summed E-state index contributed by atoms with van der Waals surface area (Å²) in [4.78, 5) is 13.0. The minimum Gasteiger partial charge on any atom is -0.497 e. The average molecular weight is 312 g/mol. The Morgan fingerprint density at radius 1 is 1.17 bits per heavy atom. The summed E-state index contributed by atoms with van der Waals surface area (Å²) in [6.07, 6.45) is 5.67. The highest BCUT2D eigenvalue weighted by Gasteiger charge is 2.60. The molecule has 23 heavy (non-hydrogen) atoms. The third kappa shape index (κ3) is 2.03. The van der Waals surface area contributed by atoms with Crippen molar-refractivity contribution in [3.8, 4) is 5.75 Å². The lowest BCUT2D eigenvalue weighted by Crippen LogP contribution is -2.43. The second kappa shape index (κ2) is 4.84. The number of rotatable bonds is 1. The highest BCUT2D eigenvalue weighted by atomic mass is 16.5. The van der Waals surface area contributed by atoms with Crippen LogP contribution >= 0.6 is 0 Å². The van der Waals surface area contributed by atoms with E-state index in [1.807, 2.05) is 0 Å². The molecular formula is C21H28O2. The van der Waals surface area contributed by atoms with E-state index in [0.717, 1.165) is 25.0 Å². The molecular weight excluding hydrogens is 284 g/mol. The first-order valence-corrected chi connectivity index (χ1v) is 9.08. The Bertz CT molecular complexity index is 660. The molecule has 2 heteroatoms. The van der Waals surface area contributed by atoms with Crippen LogP contribution in [0.4, 0.5) is 0 Å². The molecule has 0 N–H and O–H groups in total. The predicted octanol–water partition coefficient (Wildman–Crippen LogP) is 4.76. The molecule has 1 aromatic rings. The molecule has 0 unspecified atom stereocenters. The van der Waals surface area contributed by atoms with Crippen molar-refractivity contribution in [3.05, 3.63) is 29.3 Å². The van der Waals surface area contributed by atoms with Crippen molar-refractivity contribution in [1.82, 2.24) is 0 Å². The number of benzene rings is 1. The Hall–Kier alpha value is -1.31. The van der Waals surface area contributed by atoms with Gasteiger partial charge in [-0.1, -0.05) is 26.8 Å². The van der Waals surface area contributed by atoms with Gasteiger partial charge in [-0.2, -0.15) is 0 Å². The molecule has 0 amide bonds. The van der Waals surface area contributed by atoms with Crippen molar-refractivity contribution in [2.45, 2.75) is 58.8 Å². The molecule has 3 aliphatic rings. The minimum absolute atomic E-state index is 0.0748. The molecule has 124 valence electrons. The van der Waals surface area contributed by atoms with Gasteiger partial charge >= 0.3 is 0 Å². The average Bonchev–Trinajstić information content (AvgIpc) is 2.73. The van der Waals surface area contributed by atoms with Crippen LogP contribution in [-0.2, 0) is 11.2 Å². The quantitative estimate of drug-likeness (QED) is 0.747. The van der Waals surface area contributed by atoms with E-state index in [4.69, 9.17) is 4.74 Å². The Kier molecular flexibility index (Phi) is 3.21. The van der Waals surface area contributed by atoms with Gasteiger partial charge in [0.1, 0.15) is 11.5 Å². The zero-order valence-electron chi connectivity index (χ0n) is 14.8. The molecule has 0 radical (unpaired) electrons. The molecule has 0 saturated heterocycles. The van der Waals surface area contributed by atoms with Gasteiger partial charge in [-0.05, 0) is 73.1 Å². The van der Waals surface area contributed by atoms with Gasteiger partial charge in [0.15, 0.2) is 0 Å². The summed E-state index contributed by atoms with van der Waals surface area (Å²) in [5, 5.41) is 0. The molecule has 0 aromatic heterocycles. The Morgan fingerprint density at radius 3 is 2.70 bits per heavy atom. The molecule has 2 saturated carbocycles. The smallest absolute Gasteiger partial charge is 0.144 e. The summed E-state index contributed by atoms with van der Waals surface area (Å²) in [6.45, 7) is 6.58. The van der Waals surface area contributed by atoms with Crippen LogP contribution in [-0.4, -0.2) is 12.9 Å². The number of carbonyl (C=O) groups excluding carboxylic acids is 1. The number of carbonyl (C=O) groups is 1. The highest BCUT2D eigenvalue weighted by Crippen LogP contribution is 2.63. The van der Waals surface area contributed by atoms with Crippen molar-refractivity contribution in [1.29, 1.82) is 0 Å². The Labute approximate surface area is 139 Å². The zero-order chi connectivity index (χ0) is 16.4. The maximum Gasteiger partial charge on any atom is 0.144 e. The number of ether oxygens (including phenoxy) is 1. The Morgan fingerprint density at radius 2 is 1.96 bits per heavy atom. The molecule has 1 aromatic carbocycles. The number of ketones is 1. The van der Waals surface area contributed by atoms with Crippen LogP contribution in [0.25, 0.3) is 0 Å². The summed E-state index contributed by atoms with van der Waals surface area (Å²) in [5.41, 5.74) is 2.79. The van der Waals surface area contributed by atoms with Gasteiger partial charge in [0.2, 0.25) is 0 Å². The minimum atomic E-state index is -0.130. The van der Waals surface area contributed by atoms with Gasteiger partial charge in [0.25, 0.3) is 0 Å². The molecule has 4 rings (SSSR count). The number of Topliss-reactive ketones (excluding diaryl/α,β-unsaturated/α-hetero) is 1. The number of hydrogen-bond donors (Lipinski definition) is 0. The maximum atomic E-state index is 13.0. The van der Waals surface area contributed by atoms with Crippen molar-refractivity contribution in [2.24, 2.45) is 22.7 Å². The molecule has 4 atom stereocenters. The van der Waals surface area contributed by atoms with Gasteiger partial charge in [-0.15, -0.1) is 0 Å². The first-order chi connectivity index (χ1) is 10.9. The van der Waals surface area contributed by atoms with Gasteiger partial charge in [0, 0.05) is 10.8 Å². The van der Waals surface area contributed by atoms with Crippen molar-refractivity contribution < 1.29 is 9.53 Å². The third-order valence-corrected chi connectivity index (χ3v) is 7.19. The molecule has 0 spiro atoms. The fourth-order valence-corrected chi connectivity index (χ4v) is 6.08. The number of hydrogen-bond acceptors (Lipinski definition) is 2. The molecule has 0 bridgehead atoms. The number of fused-ring (bicyclic) bond motifs is 5. The van der Waals surface area contributed by atoms with Crippen LogP contribution < -0.4 is 4.74 Å². The van der Waals surface area contributed by atoms with Gasteiger partial charge in [-0.25, -0.2) is 0 Å². The van der Waals surface area contributed by atoms with Crippen LogP contribution in [0.3, 0.4) is 0 Å². The number of methoxy groups -OCH3 is 1. The first-order valence-electron chi connectivity index (χ1n) is 9.08. The highest BCUT2D eigenvalue weighted by molar-refractivity contribution is 5.92. The largest absolute Gasteiger partial charge is 0.497 e. The lowest BCUT2D eigenvalue weighted by Gasteiger charge is -2.48. The summed E-state index contributed by atoms with van der Waals surface area (Å²) in [7, 11) is 1.74. The number of aryl methyl sites for hydroxylation is 1. The first kappa shape index (κ1) is 15.2. The van der Waals surface area contributed by atoms with Crippen LogP contribution in [0.1, 0.15) is 63.5 Å². The van der Waals surface area contributed by atoms with E-state index < -0.39 is 0 Å². The lowest BCUT2D eigenvalue weighted by atomic mass is 9.55. The van der Waals surface area contributed by atoms with Crippen LogP contribution in [0.15, 0.2) is 18.2 Å². The van der Waals surface area contributed by atoms with Gasteiger partial charge < -0.3 is 4.74 Å². The second-order valence-corrected chi connectivity index (χ2v) is 8.85. The maximum absolute atomic E-state index is 13.0. The molecule has 2 fully saturated rings. The van der Waals surface area contributed by atoms with E-state index in [9.17, 15) is 4.79 Å². The SMILES string of the molecule is COc1ccc2c(c1)CC[C@H]1[C@H]2CC[C@]2(C)C(=O)C(C)(C)C[C@@H]12. The normalized spacial score (nSPS) is 37.7. The Balaban J connectivity index is 1.71. The zero-order valence-corrected chi connectivity index (χ0v) is 14.8. The van der Waals surface area contributed by atoms with Gasteiger partial charge in [0.05, 0.1) is 7.11 Å².